The van der Waals surface area contributed by atoms with Crippen LogP contribution in [0.15, 0.2) is 58.1 Å². The number of aromatic nitrogens is 2. The Bertz CT molecular complexity index is 858. The van der Waals surface area contributed by atoms with Gasteiger partial charge >= 0.3 is 0 Å². The lowest BCUT2D eigenvalue weighted by Crippen LogP contribution is -2.21. The predicted molar refractivity (Wildman–Crippen MR) is 85.8 cm³/mol. The summed E-state index contributed by atoms with van der Waals surface area (Å²) in [7, 11) is 1.63. The van der Waals surface area contributed by atoms with Gasteiger partial charge in [-0.1, -0.05) is 28.1 Å². The molecule has 0 aliphatic heterocycles. The van der Waals surface area contributed by atoms with Crippen LogP contribution < -0.4 is 10.3 Å². The summed E-state index contributed by atoms with van der Waals surface area (Å²) < 4.78 is 7.71. The summed E-state index contributed by atoms with van der Waals surface area (Å²) in [6.07, 6.45) is 1.58. The van der Waals surface area contributed by atoms with Crippen LogP contribution in [0.3, 0.4) is 0 Å². The summed E-state index contributed by atoms with van der Waals surface area (Å²) in [6.45, 7) is 0.467. The van der Waals surface area contributed by atoms with Gasteiger partial charge in [0.2, 0.25) is 0 Å². The Morgan fingerprint density at radius 3 is 2.90 bits per heavy atom. The molecule has 1 heterocycles. The van der Waals surface area contributed by atoms with E-state index in [1.807, 2.05) is 36.4 Å². The molecule has 0 amide bonds. The van der Waals surface area contributed by atoms with Gasteiger partial charge in [0.05, 0.1) is 30.9 Å². The van der Waals surface area contributed by atoms with Crippen LogP contribution in [0, 0.1) is 0 Å². The van der Waals surface area contributed by atoms with Gasteiger partial charge in [0, 0.05) is 4.47 Å². The van der Waals surface area contributed by atoms with E-state index in [4.69, 9.17) is 4.74 Å². The molecule has 0 fully saturated rings. The molecule has 0 saturated carbocycles. The standard InChI is InChI=1S/C16H13BrN2O2/c1-21-13-4-2-3-11(7-13)9-19-10-18-15-8-12(17)5-6-14(15)16(19)20/h2-8,10H,9H2,1H3. The zero-order valence-electron chi connectivity index (χ0n) is 11.4. The topological polar surface area (TPSA) is 44.1 Å². The van der Waals surface area contributed by atoms with E-state index in [-0.39, 0.29) is 5.56 Å². The smallest absolute Gasteiger partial charge is 0.261 e. The summed E-state index contributed by atoms with van der Waals surface area (Å²) in [5.41, 5.74) is 1.64. The van der Waals surface area contributed by atoms with E-state index < -0.39 is 0 Å². The number of benzene rings is 2. The molecule has 4 nitrogen and oxygen atoms in total. The minimum Gasteiger partial charge on any atom is -0.497 e. The van der Waals surface area contributed by atoms with Crippen molar-refractivity contribution in [3.8, 4) is 5.75 Å². The van der Waals surface area contributed by atoms with Gasteiger partial charge in [0.1, 0.15) is 5.75 Å². The van der Waals surface area contributed by atoms with Crippen molar-refractivity contribution in [3.05, 3.63) is 69.2 Å². The molecule has 106 valence electrons. The number of hydrogen-bond donors (Lipinski definition) is 0. The number of hydrogen-bond acceptors (Lipinski definition) is 3. The maximum atomic E-state index is 12.5. The van der Waals surface area contributed by atoms with E-state index in [1.54, 1.807) is 24.1 Å². The van der Waals surface area contributed by atoms with Crippen molar-refractivity contribution >= 4 is 26.8 Å². The molecule has 3 rings (SSSR count). The number of nitrogens with zero attached hydrogens (tertiary/aromatic N) is 2. The van der Waals surface area contributed by atoms with E-state index in [1.165, 1.54) is 0 Å². The van der Waals surface area contributed by atoms with E-state index in [0.717, 1.165) is 15.8 Å². The maximum Gasteiger partial charge on any atom is 0.261 e. The average Bonchev–Trinajstić information content (AvgIpc) is 2.50. The van der Waals surface area contributed by atoms with Crippen molar-refractivity contribution in [2.24, 2.45) is 0 Å². The SMILES string of the molecule is COc1cccc(Cn2cnc3cc(Br)ccc3c2=O)c1. The summed E-state index contributed by atoms with van der Waals surface area (Å²) in [6, 6.07) is 13.1. The Labute approximate surface area is 130 Å². The van der Waals surface area contributed by atoms with Crippen LogP contribution in [-0.2, 0) is 6.54 Å². The van der Waals surface area contributed by atoms with Gasteiger partial charge in [-0.15, -0.1) is 0 Å². The number of halogens is 1. The van der Waals surface area contributed by atoms with Crippen molar-refractivity contribution in [3.63, 3.8) is 0 Å². The Balaban J connectivity index is 2.03. The summed E-state index contributed by atoms with van der Waals surface area (Å²) >= 11 is 3.38. The highest BCUT2D eigenvalue weighted by Gasteiger charge is 2.05. The minimum atomic E-state index is -0.0460. The van der Waals surface area contributed by atoms with Gasteiger partial charge in [0.25, 0.3) is 5.56 Å². The molecular weight excluding hydrogens is 332 g/mol. The molecule has 1 aromatic heterocycles. The number of fused-ring (bicyclic) bond motifs is 1. The predicted octanol–water partition coefficient (Wildman–Crippen LogP) is 3.22. The van der Waals surface area contributed by atoms with E-state index in [9.17, 15) is 4.79 Å². The maximum absolute atomic E-state index is 12.5. The van der Waals surface area contributed by atoms with Gasteiger partial charge < -0.3 is 4.74 Å². The number of rotatable bonds is 3. The average molecular weight is 345 g/mol. The van der Waals surface area contributed by atoms with Crippen molar-refractivity contribution in [2.75, 3.05) is 7.11 Å². The normalized spacial score (nSPS) is 10.8. The van der Waals surface area contributed by atoms with Crippen LogP contribution >= 0.6 is 15.9 Å². The highest BCUT2D eigenvalue weighted by Crippen LogP contribution is 2.16. The minimum absolute atomic E-state index is 0.0460. The van der Waals surface area contributed by atoms with E-state index >= 15 is 0 Å². The molecule has 0 radical (unpaired) electrons. The Hall–Kier alpha value is -2.14. The zero-order valence-corrected chi connectivity index (χ0v) is 13.0. The monoisotopic (exact) mass is 344 g/mol. The van der Waals surface area contributed by atoms with Crippen LogP contribution in [0.5, 0.6) is 5.75 Å². The van der Waals surface area contributed by atoms with Crippen LogP contribution in [0.2, 0.25) is 0 Å². The lowest BCUT2D eigenvalue weighted by molar-refractivity contribution is 0.414. The molecule has 0 N–H and O–H groups in total. The second kappa shape index (κ2) is 5.69. The second-order valence-electron chi connectivity index (χ2n) is 4.69. The van der Waals surface area contributed by atoms with Crippen molar-refractivity contribution in [1.29, 1.82) is 0 Å². The fraction of sp³-hybridized carbons (Fsp3) is 0.125. The molecule has 0 atom stereocenters. The molecule has 0 bridgehead atoms. The highest BCUT2D eigenvalue weighted by molar-refractivity contribution is 9.10. The van der Waals surface area contributed by atoms with Gasteiger partial charge in [-0.25, -0.2) is 4.98 Å². The van der Waals surface area contributed by atoms with Crippen LogP contribution in [0.4, 0.5) is 0 Å². The molecule has 21 heavy (non-hydrogen) atoms. The first-order valence-corrected chi connectivity index (χ1v) is 7.24. The lowest BCUT2D eigenvalue weighted by Gasteiger charge is -2.08. The van der Waals surface area contributed by atoms with Crippen molar-refractivity contribution in [2.45, 2.75) is 6.54 Å². The summed E-state index contributed by atoms with van der Waals surface area (Å²) in [4.78, 5) is 16.8. The third-order valence-corrected chi connectivity index (χ3v) is 3.77. The molecule has 0 unspecified atom stereocenters. The summed E-state index contributed by atoms with van der Waals surface area (Å²) in [5.74, 6) is 0.776. The van der Waals surface area contributed by atoms with Crippen molar-refractivity contribution in [1.82, 2.24) is 9.55 Å². The molecule has 0 spiro atoms. The lowest BCUT2D eigenvalue weighted by atomic mass is 10.2. The molecular formula is C16H13BrN2O2. The molecule has 0 saturated heterocycles. The highest BCUT2D eigenvalue weighted by atomic mass is 79.9. The van der Waals surface area contributed by atoms with Gasteiger partial charge in [-0.05, 0) is 35.9 Å². The van der Waals surface area contributed by atoms with Gasteiger partial charge in [-0.3, -0.25) is 9.36 Å². The first-order valence-electron chi connectivity index (χ1n) is 6.45. The second-order valence-corrected chi connectivity index (χ2v) is 5.61. The molecule has 2 aromatic carbocycles. The van der Waals surface area contributed by atoms with Crippen LogP contribution in [-0.4, -0.2) is 16.7 Å². The Morgan fingerprint density at radius 1 is 1.24 bits per heavy atom. The molecule has 0 aliphatic carbocycles. The molecule has 5 heteroatoms. The van der Waals surface area contributed by atoms with Crippen LogP contribution in [0.1, 0.15) is 5.56 Å². The zero-order chi connectivity index (χ0) is 14.8. The van der Waals surface area contributed by atoms with Crippen LogP contribution in [0.25, 0.3) is 10.9 Å². The molecule has 0 aliphatic rings. The van der Waals surface area contributed by atoms with E-state index in [0.29, 0.717) is 17.4 Å². The first kappa shape index (κ1) is 13.8. The first-order chi connectivity index (χ1) is 10.2. The van der Waals surface area contributed by atoms with Crippen molar-refractivity contribution < 1.29 is 4.74 Å². The van der Waals surface area contributed by atoms with Gasteiger partial charge in [-0.2, -0.15) is 0 Å². The number of ether oxygens (including phenoxy) is 1. The van der Waals surface area contributed by atoms with E-state index in [2.05, 4.69) is 20.9 Å². The van der Waals surface area contributed by atoms with Gasteiger partial charge in [0.15, 0.2) is 0 Å². The largest absolute Gasteiger partial charge is 0.497 e. The third-order valence-electron chi connectivity index (χ3n) is 3.27. The fourth-order valence-corrected chi connectivity index (χ4v) is 2.56. The summed E-state index contributed by atoms with van der Waals surface area (Å²) in [5, 5.41) is 0.614. The third kappa shape index (κ3) is 2.83. The number of methoxy groups -OCH3 is 1. The molecule has 3 aromatic rings. The fourth-order valence-electron chi connectivity index (χ4n) is 2.21. The quantitative estimate of drug-likeness (QED) is 0.732. The Kier molecular flexibility index (Phi) is 3.75. The Morgan fingerprint density at radius 2 is 2.10 bits per heavy atom.